The highest BCUT2D eigenvalue weighted by Gasteiger charge is 2.39. The van der Waals surface area contributed by atoms with Crippen molar-refractivity contribution in [2.75, 3.05) is 6.61 Å². The zero-order valence-corrected chi connectivity index (χ0v) is 21.1. The van der Waals surface area contributed by atoms with Crippen molar-refractivity contribution in [2.24, 2.45) is 0 Å². The van der Waals surface area contributed by atoms with Crippen LogP contribution in [0, 0.1) is 6.92 Å². The minimum Gasteiger partial charge on any atom is -0.448 e. The van der Waals surface area contributed by atoms with Crippen molar-refractivity contribution in [2.45, 2.75) is 50.6 Å². The first kappa shape index (κ1) is 22.3. The average molecular weight is 487 g/mol. The number of nitrogens with zero attached hydrogens (tertiary/aromatic N) is 2. The SMILES string of the molecule is Cc1ccc2cc(C3=CC4CCCC(C3)N4C(=O)OCC3c4ccccc4-c4ccccc43)ccc2n1. The molecule has 2 unspecified atom stereocenters. The number of ether oxygens (including phenoxy) is 1. The Morgan fingerprint density at radius 1 is 0.946 bits per heavy atom. The van der Waals surface area contributed by atoms with Gasteiger partial charge in [-0.2, -0.15) is 0 Å². The fourth-order valence-electron chi connectivity index (χ4n) is 6.62. The number of pyridine rings is 1. The van der Waals surface area contributed by atoms with E-state index in [9.17, 15) is 4.79 Å². The van der Waals surface area contributed by atoms with Crippen molar-refractivity contribution in [1.82, 2.24) is 9.88 Å². The number of hydrogen-bond donors (Lipinski definition) is 0. The van der Waals surface area contributed by atoms with E-state index in [2.05, 4.69) is 89.9 Å². The molecule has 3 aromatic carbocycles. The van der Waals surface area contributed by atoms with E-state index in [0.29, 0.717) is 6.61 Å². The zero-order valence-electron chi connectivity index (χ0n) is 21.1. The van der Waals surface area contributed by atoms with Crippen LogP contribution in [0.25, 0.3) is 27.6 Å². The highest BCUT2D eigenvalue weighted by Crippen LogP contribution is 2.45. The standard InChI is InChI=1S/C33H30N2O2/c1-21-13-14-23-17-22(15-16-32(23)34-21)24-18-25-7-6-8-26(19-24)35(25)33(36)37-20-31-29-11-4-2-9-27(29)28-10-3-5-12-30(28)31/h2-5,9-18,25-26,31H,6-8,19-20H2,1H3. The fourth-order valence-corrected chi connectivity index (χ4v) is 6.62. The Hall–Kier alpha value is -3.92. The van der Waals surface area contributed by atoms with E-state index >= 15 is 0 Å². The number of rotatable bonds is 3. The molecule has 4 aromatic rings. The summed E-state index contributed by atoms with van der Waals surface area (Å²) in [5.41, 5.74) is 9.63. The average Bonchev–Trinajstić information content (AvgIpc) is 3.24. The molecule has 4 heteroatoms. The highest BCUT2D eigenvalue weighted by molar-refractivity contribution is 5.84. The number of aryl methyl sites for hydroxylation is 1. The van der Waals surface area contributed by atoms with Crippen LogP contribution in [0.4, 0.5) is 4.79 Å². The lowest BCUT2D eigenvalue weighted by Gasteiger charge is -2.44. The molecule has 2 bridgehead atoms. The predicted molar refractivity (Wildman–Crippen MR) is 147 cm³/mol. The van der Waals surface area contributed by atoms with Crippen molar-refractivity contribution in [1.29, 1.82) is 0 Å². The minimum atomic E-state index is -0.176. The Morgan fingerprint density at radius 2 is 1.70 bits per heavy atom. The van der Waals surface area contributed by atoms with Gasteiger partial charge in [0.15, 0.2) is 0 Å². The van der Waals surface area contributed by atoms with Gasteiger partial charge < -0.3 is 4.74 Å². The molecule has 1 amide bonds. The van der Waals surface area contributed by atoms with E-state index in [-0.39, 0.29) is 24.1 Å². The number of aromatic nitrogens is 1. The summed E-state index contributed by atoms with van der Waals surface area (Å²) in [7, 11) is 0. The molecule has 1 fully saturated rings. The molecular weight excluding hydrogens is 456 g/mol. The van der Waals surface area contributed by atoms with Crippen LogP contribution in [-0.2, 0) is 4.74 Å². The van der Waals surface area contributed by atoms with E-state index in [1.807, 2.05) is 11.8 Å². The molecule has 3 heterocycles. The summed E-state index contributed by atoms with van der Waals surface area (Å²) in [5, 5.41) is 1.16. The maximum atomic E-state index is 13.5. The molecule has 0 spiro atoms. The third-order valence-electron chi connectivity index (χ3n) is 8.38. The van der Waals surface area contributed by atoms with Gasteiger partial charge in [0.1, 0.15) is 6.61 Å². The van der Waals surface area contributed by atoms with Crippen LogP contribution in [0.5, 0.6) is 0 Å². The van der Waals surface area contributed by atoms with Crippen molar-refractivity contribution in [3.8, 4) is 11.1 Å². The zero-order chi connectivity index (χ0) is 24.9. The first-order valence-electron chi connectivity index (χ1n) is 13.4. The lowest BCUT2D eigenvalue weighted by molar-refractivity contribution is 0.0539. The van der Waals surface area contributed by atoms with Crippen molar-refractivity contribution >= 4 is 22.6 Å². The molecule has 37 heavy (non-hydrogen) atoms. The van der Waals surface area contributed by atoms with Crippen LogP contribution >= 0.6 is 0 Å². The summed E-state index contributed by atoms with van der Waals surface area (Å²) in [6.07, 6.45) is 6.15. The molecule has 2 atom stereocenters. The Balaban J connectivity index is 1.12. The van der Waals surface area contributed by atoms with Crippen LogP contribution in [0.15, 0.2) is 84.9 Å². The number of carbonyl (C=O) groups is 1. The Bertz CT molecular complexity index is 1510. The number of fused-ring (bicyclic) bond motifs is 6. The van der Waals surface area contributed by atoms with Gasteiger partial charge in [0.2, 0.25) is 0 Å². The third kappa shape index (κ3) is 3.83. The predicted octanol–water partition coefficient (Wildman–Crippen LogP) is 7.50. The van der Waals surface area contributed by atoms with Crippen LogP contribution in [0.2, 0.25) is 0 Å². The van der Waals surface area contributed by atoms with E-state index in [1.54, 1.807) is 0 Å². The Labute approximate surface area is 217 Å². The summed E-state index contributed by atoms with van der Waals surface area (Å²) in [5.74, 6) is 0.0851. The van der Waals surface area contributed by atoms with Crippen molar-refractivity contribution in [3.63, 3.8) is 0 Å². The highest BCUT2D eigenvalue weighted by atomic mass is 16.6. The smallest absolute Gasteiger partial charge is 0.410 e. The number of carbonyl (C=O) groups excluding carboxylic acids is 1. The van der Waals surface area contributed by atoms with E-state index in [0.717, 1.165) is 42.3 Å². The van der Waals surface area contributed by atoms with Crippen molar-refractivity contribution in [3.05, 3.63) is 107 Å². The van der Waals surface area contributed by atoms with E-state index < -0.39 is 0 Å². The second-order valence-electron chi connectivity index (χ2n) is 10.6. The molecule has 2 aliphatic heterocycles. The van der Waals surface area contributed by atoms with Gasteiger partial charge in [-0.05, 0) is 84.2 Å². The molecule has 184 valence electrons. The maximum absolute atomic E-state index is 13.5. The quantitative estimate of drug-likeness (QED) is 0.301. The second-order valence-corrected chi connectivity index (χ2v) is 10.6. The molecular formula is C33H30N2O2. The van der Waals surface area contributed by atoms with E-state index in [4.69, 9.17) is 4.74 Å². The molecule has 1 saturated heterocycles. The van der Waals surface area contributed by atoms with Gasteiger partial charge in [-0.1, -0.05) is 66.7 Å². The Kier molecular flexibility index (Phi) is 5.35. The van der Waals surface area contributed by atoms with Gasteiger partial charge in [0.25, 0.3) is 0 Å². The fraction of sp³-hybridized carbons (Fsp3) is 0.273. The summed E-state index contributed by atoms with van der Waals surface area (Å²) in [6.45, 7) is 2.40. The topological polar surface area (TPSA) is 42.4 Å². The summed E-state index contributed by atoms with van der Waals surface area (Å²) < 4.78 is 6.07. The number of benzene rings is 3. The van der Waals surface area contributed by atoms with Gasteiger partial charge >= 0.3 is 6.09 Å². The molecule has 7 rings (SSSR count). The van der Waals surface area contributed by atoms with E-state index in [1.165, 1.54) is 33.4 Å². The van der Waals surface area contributed by atoms with Gasteiger partial charge in [-0.15, -0.1) is 0 Å². The molecule has 0 radical (unpaired) electrons. The summed E-state index contributed by atoms with van der Waals surface area (Å²) in [6, 6.07) is 28.0. The van der Waals surface area contributed by atoms with Gasteiger partial charge in [-0.3, -0.25) is 9.88 Å². The molecule has 1 aromatic heterocycles. The van der Waals surface area contributed by atoms with Gasteiger partial charge in [-0.25, -0.2) is 4.79 Å². The summed E-state index contributed by atoms with van der Waals surface area (Å²) in [4.78, 5) is 20.2. The van der Waals surface area contributed by atoms with Crippen LogP contribution in [0.3, 0.4) is 0 Å². The molecule has 0 N–H and O–H groups in total. The number of piperidine rings is 1. The van der Waals surface area contributed by atoms with Gasteiger partial charge in [0, 0.05) is 23.0 Å². The van der Waals surface area contributed by atoms with Gasteiger partial charge in [0.05, 0.1) is 11.6 Å². The van der Waals surface area contributed by atoms with Crippen LogP contribution in [-0.4, -0.2) is 34.7 Å². The monoisotopic (exact) mass is 486 g/mol. The normalized spacial score (nSPS) is 20.4. The second kappa shape index (κ2) is 8.88. The molecule has 1 aliphatic carbocycles. The lowest BCUT2D eigenvalue weighted by atomic mass is 9.83. The lowest BCUT2D eigenvalue weighted by Crippen LogP contribution is -2.51. The Morgan fingerprint density at radius 3 is 2.46 bits per heavy atom. The molecule has 0 saturated carbocycles. The first-order valence-corrected chi connectivity index (χ1v) is 13.4. The van der Waals surface area contributed by atoms with Crippen molar-refractivity contribution < 1.29 is 9.53 Å². The van der Waals surface area contributed by atoms with Crippen LogP contribution < -0.4 is 0 Å². The number of amides is 1. The number of hydrogen-bond acceptors (Lipinski definition) is 3. The third-order valence-corrected chi connectivity index (χ3v) is 8.38. The van der Waals surface area contributed by atoms with Crippen LogP contribution in [0.1, 0.15) is 54.0 Å². The first-order chi connectivity index (χ1) is 18.2. The summed E-state index contributed by atoms with van der Waals surface area (Å²) >= 11 is 0. The largest absolute Gasteiger partial charge is 0.448 e. The maximum Gasteiger partial charge on any atom is 0.410 e. The molecule has 4 nitrogen and oxygen atoms in total. The minimum absolute atomic E-state index is 0.0851. The molecule has 3 aliphatic rings.